The number of hydrogen-bond donors (Lipinski definition) is 1. The first-order valence-electron chi connectivity index (χ1n) is 8.22. The standard InChI is InChI=1S/C17H27N3/c1-13(2)20-11-5-8-16(20)14-9-10-17(18-12-14)19-15-6-3-4-7-15/h9-10,12-13,15-16H,3-8,11H2,1-2H3,(H,18,19)/t16-/m1/s1. The maximum atomic E-state index is 4.64. The predicted molar refractivity (Wildman–Crippen MR) is 83.9 cm³/mol. The Morgan fingerprint density at radius 3 is 2.60 bits per heavy atom. The second kappa shape index (κ2) is 6.13. The van der Waals surface area contributed by atoms with Gasteiger partial charge in [-0.05, 0) is 57.7 Å². The first-order valence-corrected chi connectivity index (χ1v) is 8.22. The summed E-state index contributed by atoms with van der Waals surface area (Å²) in [6.07, 6.45) is 9.99. The van der Waals surface area contributed by atoms with Crippen molar-refractivity contribution in [3.05, 3.63) is 23.9 Å². The van der Waals surface area contributed by atoms with Crippen LogP contribution in [0.3, 0.4) is 0 Å². The van der Waals surface area contributed by atoms with Crippen LogP contribution >= 0.6 is 0 Å². The van der Waals surface area contributed by atoms with Gasteiger partial charge in [0.2, 0.25) is 0 Å². The van der Waals surface area contributed by atoms with Crippen LogP contribution in [-0.2, 0) is 0 Å². The number of nitrogens with zero attached hydrogens (tertiary/aromatic N) is 2. The number of nitrogens with one attached hydrogen (secondary N) is 1. The highest BCUT2D eigenvalue weighted by molar-refractivity contribution is 5.37. The molecule has 3 heteroatoms. The van der Waals surface area contributed by atoms with E-state index in [1.807, 2.05) is 0 Å². The Hall–Kier alpha value is -1.09. The van der Waals surface area contributed by atoms with E-state index in [0.717, 1.165) is 5.82 Å². The van der Waals surface area contributed by atoms with Crippen LogP contribution in [0.15, 0.2) is 18.3 Å². The third-order valence-electron chi connectivity index (χ3n) is 4.84. The van der Waals surface area contributed by atoms with Crippen LogP contribution in [0.25, 0.3) is 0 Å². The maximum absolute atomic E-state index is 4.64. The summed E-state index contributed by atoms with van der Waals surface area (Å²) in [6.45, 7) is 5.81. The fraction of sp³-hybridized carbons (Fsp3) is 0.706. The molecule has 0 radical (unpaired) electrons. The lowest BCUT2D eigenvalue weighted by Gasteiger charge is -2.28. The quantitative estimate of drug-likeness (QED) is 0.899. The number of hydrogen-bond acceptors (Lipinski definition) is 3. The summed E-state index contributed by atoms with van der Waals surface area (Å²) >= 11 is 0. The van der Waals surface area contributed by atoms with Crippen molar-refractivity contribution in [1.82, 2.24) is 9.88 Å². The van der Waals surface area contributed by atoms with Crippen molar-refractivity contribution in [2.75, 3.05) is 11.9 Å². The van der Waals surface area contributed by atoms with Crippen molar-refractivity contribution in [1.29, 1.82) is 0 Å². The van der Waals surface area contributed by atoms with Gasteiger partial charge in [-0.3, -0.25) is 4.90 Å². The second-order valence-corrected chi connectivity index (χ2v) is 6.59. The van der Waals surface area contributed by atoms with Gasteiger partial charge in [-0.2, -0.15) is 0 Å². The van der Waals surface area contributed by atoms with Crippen molar-refractivity contribution in [2.24, 2.45) is 0 Å². The number of pyridine rings is 1. The van der Waals surface area contributed by atoms with E-state index in [1.165, 1.54) is 50.6 Å². The molecule has 1 N–H and O–H groups in total. The van der Waals surface area contributed by atoms with E-state index in [9.17, 15) is 0 Å². The summed E-state index contributed by atoms with van der Waals surface area (Å²) in [5.74, 6) is 1.05. The van der Waals surface area contributed by atoms with Crippen LogP contribution < -0.4 is 5.32 Å². The highest BCUT2D eigenvalue weighted by Crippen LogP contribution is 2.33. The lowest BCUT2D eigenvalue weighted by atomic mass is 10.1. The van der Waals surface area contributed by atoms with Crippen LogP contribution in [0.5, 0.6) is 0 Å². The normalized spacial score (nSPS) is 24.6. The Morgan fingerprint density at radius 1 is 1.15 bits per heavy atom. The van der Waals surface area contributed by atoms with Crippen LogP contribution in [0.4, 0.5) is 5.82 Å². The maximum Gasteiger partial charge on any atom is 0.126 e. The molecule has 110 valence electrons. The Morgan fingerprint density at radius 2 is 1.95 bits per heavy atom. The molecule has 1 aromatic rings. The third kappa shape index (κ3) is 2.98. The zero-order chi connectivity index (χ0) is 13.9. The summed E-state index contributed by atoms with van der Waals surface area (Å²) in [7, 11) is 0. The monoisotopic (exact) mass is 273 g/mol. The molecule has 0 aromatic carbocycles. The van der Waals surface area contributed by atoms with Crippen molar-refractivity contribution in [3.63, 3.8) is 0 Å². The van der Waals surface area contributed by atoms with Gasteiger partial charge < -0.3 is 5.32 Å². The van der Waals surface area contributed by atoms with Gasteiger partial charge in [-0.1, -0.05) is 18.9 Å². The molecule has 0 amide bonds. The van der Waals surface area contributed by atoms with Gasteiger partial charge in [0.15, 0.2) is 0 Å². The fourth-order valence-electron chi connectivity index (χ4n) is 3.73. The Kier molecular flexibility index (Phi) is 4.25. The first-order chi connectivity index (χ1) is 9.74. The molecule has 1 atom stereocenters. The molecule has 0 bridgehead atoms. The lowest BCUT2D eigenvalue weighted by molar-refractivity contribution is 0.205. The van der Waals surface area contributed by atoms with E-state index in [0.29, 0.717) is 18.1 Å². The third-order valence-corrected chi connectivity index (χ3v) is 4.84. The molecule has 3 nitrogen and oxygen atoms in total. The average molecular weight is 273 g/mol. The largest absolute Gasteiger partial charge is 0.367 e. The summed E-state index contributed by atoms with van der Waals surface area (Å²) in [5.41, 5.74) is 1.38. The average Bonchev–Trinajstić information content (AvgIpc) is 3.10. The van der Waals surface area contributed by atoms with Gasteiger partial charge in [0.1, 0.15) is 5.82 Å². The van der Waals surface area contributed by atoms with Gasteiger partial charge in [-0.25, -0.2) is 4.98 Å². The van der Waals surface area contributed by atoms with E-state index in [1.54, 1.807) is 0 Å². The van der Waals surface area contributed by atoms with Crippen LogP contribution in [0.1, 0.15) is 64.0 Å². The molecule has 1 saturated carbocycles. The van der Waals surface area contributed by atoms with Crippen molar-refractivity contribution >= 4 is 5.82 Å². The molecule has 0 spiro atoms. The Balaban J connectivity index is 1.66. The molecule has 1 saturated heterocycles. The Labute approximate surface area is 122 Å². The summed E-state index contributed by atoms with van der Waals surface area (Å²) in [5, 5.41) is 3.57. The van der Waals surface area contributed by atoms with Gasteiger partial charge >= 0.3 is 0 Å². The summed E-state index contributed by atoms with van der Waals surface area (Å²) in [6, 6.07) is 6.29. The minimum atomic E-state index is 0.572. The minimum Gasteiger partial charge on any atom is -0.367 e. The highest BCUT2D eigenvalue weighted by Gasteiger charge is 2.27. The van der Waals surface area contributed by atoms with Gasteiger partial charge in [-0.15, -0.1) is 0 Å². The molecule has 20 heavy (non-hydrogen) atoms. The van der Waals surface area contributed by atoms with Gasteiger partial charge in [0, 0.05) is 24.3 Å². The number of rotatable bonds is 4. The zero-order valence-corrected chi connectivity index (χ0v) is 12.8. The molecule has 2 aliphatic rings. The first kappa shape index (κ1) is 13.9. The number of anilines is 1. The number of aromatic nitrogens is 1. The van der Waals surface area contributed by atoms with Gasteiger partial charge in [0.25, 0.3) is 0 Å². The van der Waals surface area contributed by atoms with E-state index in [-0.39, 0.29) is 0 Å². The Bertz CT molecular complexity index is 420. The molecular weight excluding hydrogens is 246 g/mol. The molecule has 0 unspecified atom stereocenters. The molecule has 1 aliphatic heterocycles. The van der Waals surface area contributed by atoms with Crippen LogP contribution in [0.2, 0.25) is 0 Å². The van der Waals surface area contributed by atoms with Crippen molar-refractivity contribution < 1.29 is 0 Å². The molecule has 1 aliphatic carbocycles. The zero-order valence-electron chi connectivity index (χ0n) is 12.8. The van der Waals surface area contributed by atoms with Crippen LogP contribution in [0, 0.1) is 0 Å². The molecule has 2 fully saturated rings. The van der Waals surface area contributed by atoms with Crippen molar-refractivity contribution in [2.45, 2.75) is 70.5 Å². The number of likely N-dealkylation sites (tertiary alicyclic amines) is 1. The van der Waals surface area contributed by atoms with E-state index in [2.05, 4.69) is 47.4 Å². The second-order valence-electron chi connectivity index (χ2n) is 6.59. The SMILES string of the molecule is CC(C)N1CCC[C@@H]1c1ccc(NC2CCCC2)nc1. The molecule has 2 heterocycles. The van der Waals surface area contributed by atoms with Crippen molar-refractivity contribution in [3.8, 4) is 0 Å². The molecular formula is C17H27N3. The highest BCUT2D eigenvalue weighted by atomic mass is 15.2. The van der Waals surface area contributed by atoms with E-state index < -0.39 is 0 Å². The lowest BCUT2D eigenvalue weighted by Crippen LogP contribution is -2.30. The topological polar surface area (TPSA) is 28.2 Å². The molecule has 1 aromatic heterocycles. The smallest absolute Gasteiger partial charge is 0.126 e. The van der Waals surface area contributed by atoms with Gasteiger partial charge in [0.05, 0.1) is 0 Å². The minimum absolute atomic E-state index is 0.572. The predicted octanol–water partition coefficient (Wildman–Crippen LogP) is 3.98. The summed E-state index contributed by atoms with van der Waals surface area (Å²) in [4.78, 5) is 7.24. The molecule has 3 rings (SSSR count). The van der Waals surface area contributed by atoms with E-state index >= 15 is 0 Å². The van der Waals surface area contributed by atoms with Crippen LogP contribution in [-0.4, -0.2) is 28.5 Å². The van der Waals surface area contributed by atoms with E-state index in [4.69, 9.17) is 0 Å². The summed E-state index contributed by atoms with van der Waals surface area (Å²) < 4.78 is 0. The fourth-order valence-corrected chi connectivity index (χ4v) is 3.73.